The fourth-order valence-corrected chi connectivity index (χ4v) is 1.83. The van der Waals surface area contributed by atoms with Crippen LogP contribution in [0.4, 0.5) is 0 Å². The molecule has 0 radical (unpaired) electrons. The Labute approximate surface area is 89.8 Å². The Bertz CT molecular complexity index is 307. The lowest BCUT2D eigenvalue weighted by Gasteiger charge is -2.41. The Morgan fingerprint density at radius 3 is 2.93 bits per heavy atom. The van der Waals surface area contributed by atoms with Gasteiger partial charge in [0.1, 0.15) is 5.76 Å². The summed E-state index contributed by atoms with van der Waals surface area (Å²) in [4.78, 5) is 0. The summed E-state index contributed by atoms with van der Waals surface area (Å²) in [6.07, 6.45) is 9.01. The van der Waals surface area contributed by atoms with Crippen LogP contribution in [0.25, 0.3) is 6.08 Å². The van der Waals surface area contributed by atoms with Crippen LogP contribution >= 0.6 is 0 Å². The van der Waals surface area contributed by atoms with Gasteiger partial charge < -0.3 is 14.8 Å². The lowest BCUT2D eigenvalue weighted by atomic mass is 9.77. The van der Waals surface area contributed by atoms with Gasteiger partial charge in [-0.15, -0.1) is 0 Å². The fourth-order valence-electron chi connectivity index (χ4n) is 1.83. The Morgan fingerprint density at radius 2 is 2.40 bits per heavy atom. The zero-order chi connectivity index (χ0) is 10.6. The van der Waals surface area contributed by atoms with Crippen molar-refractivity contribution in [3.63, 3.8) is 0 Å². The molecule has 0 spiro atoms. The van der Waals surface area contributed by atoms with E-state index in [1.54, 1.807) is 6.26 Å². The van der Waals surface area contributed by atoms with Crippen molar-refractivity contribution >= 4 is 6.08 Å². The average molecular weight is 207 g/mol. The fraction of sp³-hybridized carbons (Fsp3) is 0.500. The van der Waals surface area contributed by atoms with Crippen LogP contribution in [0.1, 0.15) is 25.0 Å². The molecule has 82 valence electrons. The van der Waals surface area contributed by atoms with Crippen LogP contribution in [0.3, 0.4) is 0 Å². The van der Waals surface area contributed by atoms with Crippen molar-refractivity contribution in [3.8, 4) is 0 Å². The van der Waals surface area contributed by atoms with Crippen molar-refractivity contribution in [1.82, 2.24) is 5.32 Å². The second-order valence-corrected chi connectivity index (χ2v) is 4.09. The number of aliphatic hydroxyl groups excluding tert-OH is 1. The summed E-state index contributed by atoms with van der Waals surface area (Å²) in [5.41, 5.74) is -0.00644. The zero-order valence-electron chi connectivity index (χ0n) is 8.78. The first-order valence-corrected chi connectivity index (χ1v) is 5.41. The van der Waals surface area contributed by atoms with Gasteiger partial charge in [-0.25, -0.2) is 0 Å². The van der Waals surface area contributed by atoms with Gasteiger partial charge >= 0.3 is 0 Å². The molecule has 15 heavy (non-hydrogen) atoms. The van der Waals surface area contributed by atoms with Crippen LogP contribution in [0.5, 0.6) is 0 Å². The van der Waals surface area contributed by atoms with Crippen LogP contribution in [-0.4, -0.2) is 23.8 Å². The molecule has 0 atom stereocenters. The maximum atomic E-state index is 9.21. The van der Waals surface area contributed by atoms with Crippen LogP contribution < -0.4 is 5.32 Å². The SMILES string of the molecule is OCC1(NC/C=C/c2ccco2)CCC1. The molecule has 3 heteroatoms. The normalized spacial score (nSPS) is 19.3. The van der Waals surface area contributed by atoms with E-state index in [1.165, 1.54) is 6.42 Å². The van der Waals surface area contributed by atoms with Gasteiger partial charge in [0.15, 0.2) is 0 Å². The molecular formula is C12H17NO2. The molecule has 1 saturated carbocycles. The van der Waals surface area contributed by atoms with E-state index in [2.05, 4.69) is 5.32 Å². The van der Waals surface area contributed by atoms with Gasteiger partial charge in [-0.3, -0.25) is 0 Å². The third-order valence-electron chi connectivity index (χ3n) is 3.03. The average Bonchev–Trinajstić information content (AvgIpc) is 2.68. The van der Waals surface area contributed by atoms with E-state index in [4.69, 9.17) is 4.42 Å². The van der Waals surface area contributed by atoms with Crippen LogP contribution in [0.15, 0.2) is 28.9 Å². The highest BCUT2D eigenvalue weighted by Gasteiger charge is 2.34. The third-order valence-corrected chi connectivity index (χ3v) is 3.03. The molecule has 0 amide bonds. The summed E-state index contributed by atoms with van der Waals surface area (Å²) in [6.45, 7) is 1.02. The lowest BCUT2D eigenvalue weighted by Crippen LogP contribution is -2.53. The zero-order valence-corrected chi connectivity index (χ0v) is 8.78. The second kappa shape index (κ2) is 4.64. The first-order chi connectivity index (χ1) is 7.35. The van der Waals surface area contributed by atoms with E-state index in [0.717, 1.165) is 25.1 Å². The van der Waals surface area contributed by atoms with Crippen molar-refractivity contribution in [2.45, 2.75) is 24.8 Å². The molecule has 1 aliphatic rings. The predicted molar refractivity (Wildman–Crippen MR) is 59.4 cm³/mol. The van der Waals surface area contributed by atoms with Gasteiger partial charge in [-0.1, -0.05) is 6.08 Å². The molecule has 0 aromatic carbocycles. The number of hydrogen-bond acceptors (Lipinski definition) is 3. The smallest absolute Gasteiger partial charge is 0.126 e. The van der Waals surface area contributed by atoms with Crippen molar-refractivity contribution < 1.29 is 9.52 Å². The summed E-state index contributed by atoms with van der Waals surface area (Å²) >= 11 is 0. The van der Waals surface area contributed by atoms with Crippen LogP contribution in [-0.2, 0) is 0 Å². The quantitative estimate of drug-likeness (QED) is 0.773. The minimum absolute atomic E-state index is 0.00644. The highest BCUT2D eigenvalue weighted by molar-refractivity contribution is 5.42. The summed E-state index contributed by atoms with van der Waals surface area (Å²) in [5.74, 6) is 0.864. The van der Waals surface area contributed by atoms with Crippen molar-refractivity contribution in [2.24, 2.45) is 0 Å². The van der Waals surface area contributed by atoms with E-state index >= 15 is 0 Å². The monoisotopic (exact) mass is 207 g/mol. The maximum Gasteiger partial charge on any atom is 0.126 e. The van der Waals surface area contributed by atoms with Crippen LogP contribution in [0, 0.1) is 0 Å². The molecule has 0 bridgehead atoms. The lowest BCUT2D eigenvalue weighted by molar-refractivity contribution is 0.0926. The van der Waals surface area contributed by atoms with E-state index in [9.17, 15) is 5.11 Å². The standard InChI is InChI=1S/C12H17NO2/c14-10-12(6-3-7-12)13-8-1-4-11-5-2-9-15-11/h1-2,4-5,9,13-14H,3,6-8,10H2/b4-1+. The molecule has 1 heterocycles. The van der Waals surface area contributed by atoms with E-state index < -0.39 is 0 Å². The predicted octanol–water partition coefficient (Wildman–Crippen LogP) is 1.80. The molecule has 1 aromatic rings. The summed E-state index contributed by atoms with van der Waals surface area (Å²) in [7, 11) is 0. The van der Waals surface area contributed by atoms with E-state index in [1.807, 2.05) is 24.3 Å². The Morgan fingerprint density at radius 1 is 1.53 bits per heavy atom. The van der Waals surface area contributed by atoms with Gasteiger partial charge in [-0.05, 0) is 37.5 Å². The van der Waals surface area contributed by atoms with Crippen molar-refractivity contribution in [1.29, 1.82) is 0 Å². The summed E-state index contributed by atoms with van der Waals surface area (Å²) in [6, 6.07) is 3.79. The third kappa shape index (κ3) is 2.49. The highest BCUT2D eigenvalue weighted by Crippen LogP contribution is 2.30. The first kappa shape index (κ1) is 10.5. The van der Waals surface area contributed by atoms with Crippen molar-refractivity contribution in [2.75, 3.05) is 13.2 Å². The van der Waals surface area contributed by atoms with Gasteiger partial charge in [0, 0.05) is 12.1 Å². The minimum atomic E-state index is -0.00644. The molecular weight excluding hydrogens is 190 g/mol. The number of furan rings is 1. The molecule has 1 aromatic heterocycles. The number of aliphatic hydroxyl groups is 1. The second-order valence-electron chi connectivity index (χ2n) is 4.09. The van der Waals surface area contributed by atoms with Crippen LogP contribution in [0.2, 0.25) is 0 Å². The number of rotatable bonds is 5. The first-order valence-electron chi connectivity index (χ1n) is 5.41. The number of nitrogens with one attached hydrogen (secondary N) is 1. The summed E-state index contributed by atoms with van der Waals surface area (Å²) < 4.78 is 5.17. The van der Waals surface area contributed by atoms with Gasteiger partial charge in [-0.2, -0.15) is 0 Å². The molecule has 1 aliphatic carbocycles. The van der Waals surface area contributed by atoms with Gasteiger partial charge in [0.2, 0.25) is 0 Å². The summed E-state index contributed by atoms with van der Waals surface area (Å²) in [5, 5.41) is 12.6. The Hall–Kier alpha value is -1.06. The molecule has 0 unspecified atom stereocenters. The maximum absolute atomic E-state index is 9.21. The minimum Gasteiger partial charge on any atom is -0.465 e. The number of hydrogen-bond donors (Lipinski definition) is 2. The molecule has 2 N–H and O–H groups in total. The van der Waals surface area contributed by atoms with E-state index in [0.29, 0.717) is 0 Å². The molecule has 2 rings (SSSR count). The van der Waals surface area contributed by atoms with Gasteiger partial charge in [0.25, 0.3) is 0 Å². The highest BCUT2D eigenvalue weighted by atomic mass is 16.3. The molecule has 3 nitrogen and oxygen atoms in total. The molecule has 1 fully saturated rings. The Kier molecular flexibility index (Phi) is 3.23. The van der Waals surface area contributed by atoms with E-state index in [-0.39, 0.29) is 12.1 Å². The van der Waals surface area contributed by atoms with Crippen molar-refractivity contribution in [3.05, 3.63) is 30.2 Å². The molecule has 0 saturated heterocycles. The van der Waals surface area contributed by atoms with Gasteiger partial charge in [0.05, 0.1) is 12.9 Å². The molecule has 0 aliphatic heterocycles. The Balaban J connectivity index is 1.74. The largest absolute Gasteiger partial charge is 0.465 e. The topological polar surface area (TPSA) is 45.4 Å².